The minimum Gasteiger partial charge on any atom is -0.478 e. The van der Waals surface area contributed by atoms with Crippen LogP contribution in [0.25, 0.3) is 0 Å². The zero-order valence-electron chi connectivity index (χ0n) is 8.96. The highest BCUT2D eigenvalue weighted by molar-refractivity contribution is 7.88. The molecule has 0 saturated heterocycles. The molecule has 0 aliphatic carbocycles. The van der Waals surface area contributed by atoms with Crippen LogP contribution in [0.15, 0.2) is 24.3 Å². The normalized spacial score (nSPS) is 11.4. The number of aliphatic hydroxyl groups excluding tert-OH is 1. The number of carbonyl (C=O) groups is 1. The first-order valence-electron chi connectivity index (χ1n) is 4.85. The Morgan fingerprint density at radius 2 is 1.82 bits per heavy atom. The average molecular weight is 259 g/mol. The Morgan fingerprint density at radius 3 is 2.29 bits per heavy atom. The number of carboxylic acids is 1. The first-order valence-corrected chi connectivity index (χ1v) is 6.50. The third kappa shape index (κ3) is 4.51. The number of carboxylic acid groups (broad SMARTS) is 1. The van der Waals surface area contributed by atoms with Gasteiger partial charge in [-0.1, -0.05) is 12.1 Å². The molecule has 0 bridgehead atoms. The molecule has 0 heterocycles. The van der Waals surface area contributed by atoms with Gasteiger partial charge < -0.3 is 10.2 Å². The number of hydrogen-bond donors (Lipinski definition) is 3. The second-order valence-corrected chi connectivity index (χ2v) is 5.19. The Hall–Kier alpha value is -1.44. The summed E-state index contributed by atoms with van der Waals surface area (Å²) < 4.78 is 25.1. The molecule has 0 radical (unpaired) electrons. The van der Waals surface area contributed by atoms with Crippen molar-refractivity contribution in [1.29, 1.82) is 0 Å². The summed E-state index contributed by atoms with van der Waals surface area (Å²) in [6, 6.07) is 5.59. The van der Waals surface area contributed by atoms with E-state index in [1.807, 2.05) is 0 Å². The lowest BCUT2D eigenvalue weighted by Crippen LogP contribution is -2.27. The van der Waals surface area contributed by atoms with Crippen LogP contribution in [0, 0.1) is 0 Å². The molecule has 1 aromatic carbocycles. The van der Waals surface area contributed by atoms with Gasteiger partial charge in [0.2, 0.25) is 10.0 Å². The van der Waals surface area contributed by atoms with E-state index in [2.05, 4.69) is 4.72 Å². The summed E-state index contributed by atoms with van der Waals surface area (Å²) in [6.45, 7) is -0.299. The van der Waals surface area contributed by atoms with Crippen molar-refractivity contribution < 1.29 is 23.4 Å². The van der Waals surface area contributed by atoms with Gasteiger partial charge in [0, 0.05) is 6.54 Å². The number of aromatic carboxylic acids is 1. The van der Waals surface area contributed by atoms with Crippen molar-refractivity contribution in [3.8, 4) is 0 Å². The Labute approximate surface area is 99.0 Å². The van der Waals surface area contributed by atoms with Crippen molar-refractivity contribution in [1.82, 2.24) is 4.72 Å². The Kier molecular flexibility index (Phi) is 4.62. The molecule has 6 nitrogen and oxygen atoms in total. The summed E-state index contributed by atoms with van der Waals surface area (Å²) in [4.78, 5) is 10.6. The molecule has 0 saturated carbocycles. The number of hydrogen-bond acceptors (Lipinski definition) is 4. The molecule has 0 fully saturated rings. The topological polar surface area (TPSA) is 104 Å². The number of aliphatic hydroxyl groups is 1. The van der Waals surface area contributed by atoms with Crippen molar-refractivity contribution in [2.75, 3.05) is 13.2 Å². The number of sulfonamides is 1. The van der Waals surface area contributed by atoms with Crippen molar-refractivity contribution in [3.05, 3.63) is 35.4 Å². The smallest absolute Gasteiger partial charge is 0.335 e. The summed E-state index contributed by atoms with van der Waals surface area (Å²) in [5, 5.41) is 17.2. The minimum absolute atomic E-state index is 0.0322. The van der Waals surface area contributed by atoms with Crippen LogP contribution in [-0.4, -0.2) is 37.8 Å². The Bertz CT molecular complexity index is 480. The molecule has 3 N–H and O–H groups in total. The average Bonchev–Trinajstić information content (AvgIpc) is 2.26. The van der Waals surface area contributed by atoms with E-state index in [4.69, 9.17) is 10.2 Å². The molecule has 0 aliphatic heterocycles. The highest BCUT2D eigenvalue weighted by atomic mass is 32.2. The summed E-state index contributed by atoms with van der Waals surface area (Å²) in [5.41, 5.74) is 0.593. The quantitative estimate of drug-likeness (QED) is 0.656. The van der Waals surface area contributed by atoms with Crippen LogP contribution in [0.2, 0.25) is 0 Å². The molecule has 0 spiro atoms. The molecule has 7 heteroatoms. The van der Waals surface area contributed by atoms with Gasteiger partial charge in [0.1, 0.15) is 0 Å². The zero-order chi connectivity index (χ0) is 12.9. The van der Waals surface area contributed by atoms with E-state index in [9.17, 15) is 13.2 Å². The Morgan fingerprint density at radius 1 is 1.24 bits per heavy atom. The fraction of sp³-hybridized carbons (Fsp3) is 0.300. The van der Waals surface area contributed by atoms with Crippen LogP contribution in [-0.2, 0) is 15.8 Å². The highest BCUT2D eigenvalue weighted by Gasteiger charge is 2.11. The van der Waals surface area contributed by atoms with E-state index in [0.29, 0.717) is 5.56 Å². The number of benzene rings is 1. The van der Waals surface area contributed by atoms with Gasteiger partial charge in [-0.15, -0.1) is 0 Å². The molecular weight excluding hydrogens is 246 g/mol. The van der Waals surface area contributed by atoms with Gasteiger partial charge >= 0.3 is 5.97 Å². The second-order valence-electron chi connectivity index (χ2n) is 3.38. The summed E-state index contributed by atoms with van der Waals surface area (Å²) in [5.74, 6) is -1.30. The van der Waals surface area contributed by atoms with E-state index < -0.39 is 16.0 Å². The number of nitrogens with one attached hydrogen (secondary N) is 1. The summed E-state index contributed by atoms with van der Waals surface area (Å²) in [7, 11) is -3.49. The fourth-order valence-electron chi connectivity index (χ4n) is 1.22. The van der Waals surface area contributed by atoms with E-state index in [-0.39, 0.29) is 24.5 Å². The maximum absolute atomic E-state index is 11.4. The molecule has 0 aromatic heterocycles. The standard InChI is InChI=1S/C10H13NO5S/c12-6-5-11-17(15,16)7-8-1-3-9(4-2-8)10(13)14/h1-4,11-12H,5-7H2,(H,13,14). The zero-order valence-corrected chi connectivity index (χ0v) is 9.77. The maximum atomic E-state index is 11.4. The van der Waals surface area contributed by atoms with Gasteiger partial charge in [0.25, 0.3) is 0 Å². The molecule has 0 atom stereocenters. The van der Waals surface area contributed by atoms with E-state index in [1.54, 1.807) is 0 Å². The second kappa shape index (κ2) is 5.76. The van der Waals surface area contributed by atoms with Crippen molar-refractivity contribution >= 4 is 16.0 Å². The largest absolute Gasteiger partial charge is 0.478 e. The van der Waals surface area contributed by atoms with Crippen molar-refractivity contribution in [3.63, 3.8) is 0 Å². The number of rotatable bonds is 6. The van der Waals surface area contributed by atoms with Crippen LogP contribution < -0.4 is 4.72 Å². The fourth-order valence-corrected chi connectivity index (χ4v) is 2.35. The molecule has 94 valence electrons. The van der Waals surface area contributed by atoms with E-state index in [0.717, 1.165) is 0 Å². The van der Waals surface area contributed by atoms with Crippen LogP contribution in [0.4, 0.5) is 0 Å². The summed E-state index contributed by atoms with van der Waals surface area (Å²) >= 11 is 0. The van der Waals surface area contributed by atoms with Gasteiger partial charge in [-0.3, -0.25) is 0 Å². The predicted octanol–water partition coefficient (Wildman–Crippen LogP) is -0.203. The van der Waals surface area contributed by atoms with Crippen LogP contribution >= 0.6 is 0 Å². The van der Waals surface area contributed by atoms with E-state index in [1.165, 1.54) is 24.3 Å². The lowest BCUT2D eigenvalue weighted by atomic mass is 10.1. The predicted molar refractivity (Wildman–Crippen MR) is 61.1 cm³/mol. The minimum atomic E-state index is -3.49. The molecule has 1 rings (SSSR count). The van der Waals surface area contributed by atoms with Crippen molar-refractivity contribution in [2.45, 2.75) is 5.75 Å². The van der Waals surface area contributed by atoms with Crippen molar-refractivity contribution in [2.24, 2.45) is 0 Å². The van der Waals surface area contributed by atoms with Gasteiger partial charge in [0.15, 0.2) is 0 Å². The maximum Gasteiger partial charge on any atom is 0.335 e. The highest BCUT2D eigenvalue weighted by Crippen LogP contribution is 2.07. The third-order valence-corrected chi connectivity index (χ3v) is 3.35. The molecule has 0 amide bonds. The van der Waals surface area contributed by atoms with Gasteiger partial charge in [-0.25, -0.2) is 17.9 Å². The van der Waals surface area contributed by atoms with Crippen LogP contribution in [0.3, 0.4) is 0 Å². The van der Waals surface area contributed by atoms with Crippen LogP contribution in [0.5, 0.6) is 0 Å². The third-order valence-electron chi connectivity index (χ3n) is 1.99. The first-order chi connectivity index (χ1) is 7.94. The lowest BCUT2D eigenvalue weighted by molar-refractivity contribution is 0.0697. The van der Waals surface area contributed by atoms with E-state index >= 15 is 0 Å². The summed E-state index contributed by atoms with van der Waals surface area (Å²) in [6.07, 6.45) is 0. The van der Waals surface area contributed by atoms with Gasteiger partial charge in [0.05, 0.1) is 17.9 Å². The van der Waals surface area contributed by atoms with Gasteiger partial charge in [-0.05, 0) is 17.7 Å². The molecule has 0 unspecified atom stereocenters. The Balaban J connectivity index is 2.72. The van der Waals surface area contributed by atoms with Crippen LogP contribution in [0.1, 0.15) is 15.9 Å². The lowest BCUT2D eigenvalue weighted by Gasteiger charge is -2.05. The monoisotopic (exact) mass is 259 g/mol. The molecular formula is C10H13NO5S. The molecule has 0 aliphatic rings. The SMILES string of the molecule is O=C(O)c1ccc(CS(=O)(=O)NCCO)cc1. The molecule has 17 heavy (non-hydrogen) atoms. The first kappa shape index (κ1) is 13.6. The molecule has 1 aromatic rings. The van der Waals surface area contributed by atoms with Gasteiger partial charge in [-0.2, -0.15) is 0 Å².